The van der Waals surface area contributed by atoms with E-state index in [0.717, 1.165) is 12.1 Å². The fraction of sp³-hybridized carbons (Fsp3) is 0.167. The molecule has 1 unspecified atom stereocenters. The van der Waals surface area contributed by atoms with Gasteiger partial charge < -0.3 is 0 Å². The summed E-state index contributed by atoms with van der Waals surface area (Å²) in [7, 11) is 0. The lowest BCUT2D eigenvalue weighted by molar-refractivity contribution is -0.137. The lowest BCUT2D eigenvalue weighted by atomic mass is 10.1. The average molecular weight is 345 g/mol. The second kappa shape index (κ2) is 6.51. The van der Waals surface area contributed by atoms with Gasteiger partial charge >= 0.3 is 6.18 Å². The van der Waals surface area contributed by atoms with E-state index >= 15 is 0 Å². The van der Waals surface area contributed by atoms with Gasteiger partial charge in [-0.25, -0.2) is 0 Å². The van der Waals surface area contributed by atoms with E-state index in [-0.39, 0.29) is 11.6 Å². The van der Waals surface area contributed by atoms with Crippen LogP contribution in [-0.4, -0.2) is 17.8 Å². The van der Waals surface area contributed by atoms with E-state index in [1.807, 2.05) is 6.07 Å². The van der Waals surface area contributed by atoms with Gasteiger partial charge in [0.25, 0.3) is 5.91 Å². The number of halogens is 3. The molecular formula is C18H14F3N3O. The molecule has 4 nitrogen and oxygen atoms in total. The second-order valence-corrected chi connectivity index (χ2v) is 5.53. The van der Waals surface area contributed by atoms with Crippen LogP contribution < -0.4 is 5.01 Å². The van der Waals surface area contributed by atoms with Crippen LogP contribution in [0.5, 0.6) is 0 Å². The van der Waals surface area contributed by atoms with Crippen molar-refractivity contribution in [1.82, 2.24) is 0 Å². The molecule has 7 heteroatoms. The van der Waals surface area contributed by atoms with Gasteiger partial charge in [0, 0.05) is 6.21 Å². The molecular weight excluding hydrogens is 331 g/mol. The van der Waals surface area contributed by atoms with E-state index in [1.54, 1.807) is 31.2 Å². The first kappa shape index (κ1) is 16.9. The van der Waals surface area contributed by atoms with Gasteiger partial charge in [-0.2, -0.15) is 23.3 Å². The number of benzene rings is 2. The van der Waals surface area contributed by atoms with E-state index in [0.29, 0.717) is 11.4 Å². The number of amides is 1. The second-order valence-electron chi connectivity index (χ2n) is 5.53. The first-order valence-electron chi connectivity index (χ1n) is 7.52. The van der Waals surface area contributed by atoms with E-state index in [9.17, 15) is 18.0 Å². The van der Waals surface area contributed by atoms with Crippen molar-refractivity contribution in [3.05, 3.63) is 60.2 Å². The molecule has 2 aromatic carbocycles. The summed E-state index contributed by atoms with van der Waals surface area (Å²) >= 11 is 0. The van der Waals surface area contributed by atoms with Crippen molar-refractivity contribution >= 4 is 29.2 Å². The van der Waals surface area contributed by atoms with Crippen LogP contribution in [0.25, 0.3) is 0 Å². The summed E-state index contributed by atoms with van der Waals surface area (Å²) in [5.41, 5.74) is 0.510. The van der Waals surface area contributed by atoms with Crippen LogP contribution in [0.15, 0.2) is 64.7 Å². The van der Waals surface area contributed by atoms with Crippen LogP contribution in [0, 0.1) is 5.92 Å². The molecule has 0 N–H and O–H groups in total. The molecule has 0 saturated carbocycles. The molecule has 0 spiro atoms. The lowest BCUT2D eigenvalue weighted by Gasteiger charge is -2.12. The molecule has 25 heavy (non-hydrogen) atoms. The molecule has 1 amide bonds. The molecule has 2 aromatic rings. The van der Waals surface area contributed by atoms with Crippen molar-refractivity contribution in [1.29, 1.82) is 0 Å². The number of anilines is 1. The smallest absolute Gasteiger partial charge is 0.271 e. The number of hydrogen-bond acceptors (Lipinski definition) is 3. The third-order valence-electron chi connectivity index (χ3n) is 3.73. The van der Waals surface area contributed by atoms with Gasteiger partial charge in [-0.3, -0.25) is 9.79 Å². The van der Waals surface area contributed by atoms with E-state index in [4.69, 9.17) is 0 Å². The van der Waals surface area contributed by atoms with Crippen LogP contribution in [0.1, 0.15) is 12.5 Å². The fourth-order valence-corrected chi connectivity index (χ4v) is 2.43. The largest absolute Gasteiger partial charge is 0.416 e. The zero-order chi connectivity index (χ0) is 18.0. The summed E-state index contributed by atoms with van der Waals surface area (Å²) in [6.45, 7) is 1.68. The van der Waals surface area contributed by atoms with Crippen LogP contribution in [0.4, 0.5) is 24.5 Å². The van der Waals surface area contributed by atoms with Crippen LogP contribution in [-0.2, 0) is 11.0 Å². The van der Waals surface area contributed by atoms with E-state index < -0.39 is 17.7 Å². The Morgan fingerprint density at radius 1 is 1.12 bits per heavy atom. The molecule has 128 valence electrons. The summed E-state index contributed by atoms with van der Waals surface area (Å²) < 4.78 is 38.2. The van der Waals surface area contributed by atoms with Crippen molar-refractivity contribution in [2.75, 3.05) is 5.01 Å². The first-order chi connectivity index (χ1) is 11.9. The predicted molar refractivity (Wildman–Crippen MR) is 90.1 cm³/mol. The fourth-order valence-electron chi connectivity index (χ4n) is 2.43. The van der Waals surface area contributed by atoms with E-state index in [1.165, 1.54) is 23.4 Å². The number of hydrazone groups is 1. The molecule has 0 bridgehead atoms. The summed E-state index contributed by atoms with van der Waals surface area (Å²) in [5.74, 6) is -0.992. The number of rotatable bonds is 3. The highest BCUT2D eigenvalue weighted by Gasteiger charge is 2.33. The maximum Gasteiger partial charge on any atom is 0.416 e. The van der Waals surface area contributed by atoms with Crippen molar-refractivity contribution in [3.8, 4) is 0 Å². The molecule has 0 aliphatic carbocycles. The highest BCUT2D eigenvalue weighted by molar-refractivity contribution is 6.23. The number of carbonyl (C=O) groups is 1. The van der Waals surface area contributed by atoms with Gasteiger partial charge in [0.1, 0.15) is 5.92 Å². The maximum atomic E-state index is 12.7. The molecule has 1 heterocycles. The lowest BCUT2D eigenvalue weighted by Crippen LogP contribution is -2.27. The standard InChI is InChI=1S/C18H14F3N3O/c1-12-16(17(25)24(23-12)15-8-3-2-4-9-15)11-22-14-7-5-6-13(10-14)18(19,20)21/h2-11,16H,1H3. The Bertz CT molecular complexity index is 844. The van der Waals surface area contributed by atoms with Gasteiger partial charge in [-0.05, 0) is 37.3 Å². The topological polar surface area (TPSA) is 45.0 Å². The Labute approximate surface area is 142 Å². The molecule has 0 aromatic heterocycles. The van der Waals surface area contributed by atoms with Gasteiger partial charge in [-0.1, -0.05) is 24.3 Å². The zero-order valence-corrected chi connectivity index (χ0v) is 13.2. The highest BCUT2D eigenvalue weighted by atomic mass is 19.4. The molecule has 0 fully saturated rings. The third kappa shape index (κ3) is 3.60. The average Bonchev–Trinajstić information content (AvgIpc) is 2.88. The normalized spacial score (nSPS) is 18.1. The van der Waals surface area contributed by atoms with Gasteiger partial charge in [0.15, 0.2) is 0 Å². The molecule has 1 aliphatic heterocycles. The number of aliphatic imine (C=N–C) groups is 1. The van der Waals surface area contributed by atoms with Crippen molar-refractivity contribution < 1.29 is 18.0 Å². The Hall–Kier alpha value is -2.96. The maximum absolute atomic E-state index is 12.7. The summed E-state index contributed by atoms with van der Waals surface area (Å²) in [6.07, 6.45) is -3.10. The Morgan fingerprint density at radius 3 is 2.52 bits per heavy atom. The minimum Gasteiger partial charge on any atom is -0.271 e. The zero-order valence-electron chi connectivity index (χ0n) is 13.2. The summed E-state index contributed by atoms with van der Waals surface area (Å²) in [4.78, 5) is 16.5. The van der Waals surface area contributed by atoms with Gasteiger partial charge in [-0.15, -0.1) is 0 Å². The first-order valence-corrected chi connectivity index (χ1v) is 7.52. The number of nitrogens with zero attached hydrogens (tertiary/aromatic N) is 3. The molecule has 1 atom stereocenters. The van der Waals surface area contributed by atoms with Crippen LogP contribution in [0.3, 0.4) is 0 Å². The Morgan fingerprint density at radius 2 is 1.84 bits per heavy atom. The minimum atomic E-state index is -4.43. The number of carbonyl (C=O) groups excluding carboxylic acids is 1. The van der Waals surface area contributed by atoms with Crippen molar-refractivity contribution in [2.24, 2.45) is 16.0 Å². The predicted octanol–water partition coefficient (Wildman–Crippen LogP) is 4.45. The molecule has 0 saturated heterocycles. The van der Waals surface area contributed by atoms with Gasteiger partial charge in [0.2, 0.25) is 0 Å². The van der Waals surface area contributed by atoms with Crippen LogP contribution >= 0.6 is 0 Å². The van der Waals surface area contributed by atoms with Gasteiger partial charge in [0.05, 0.1) is 22.6 Å². The minimum absolute atomic E-state index is 0.133. The summed E-state index contributed by atoms with van der Waals surface area (Å²) in [6, 6.07) is 13.6. The SMILES string of the molecule is CC1=NN(c2ccccc2)C(=O)C1C=Nc1cccc(C(F)(F)F)c1. The third-order valence-corrected chi connectivity index (χ3v) is 3.73. The number of alkyl halides is 3. The van der Waals surface area contributed by atoms with Crippen LogP contribution in [0.2, 0.25) is 0 Å². The Balaban J connectivity index is 1.81. The van der Waals surface area contributed by atoms with E-state index in [2.05, 4.69) is 10.1 Å². The molecule has 0 radical (unpaired) electrons. The Kier molecular flexibility index (Phi) is 4.39. The number of para-hydroxylation sites is 1. The van der Waals surface area contributed by atoms with Crippen molar-refractivity contribution in [2.45, 2.75) is 13.1 Å². The quantitative estimate of drug-likeness (QED) is 0.758. The molecule has 3 rings (SSSR count). The molecule has 1 aliphatic rings. The highest BCUT2D eigenvalue weighted by Crippen LogP contribution is 2.31. The number of hydrogen-bond donors (Lipinski definition) is 0. The van der Waals surface area contributed by atoms with Crippen molar-refractivity contribution in [3.63, 3.8) is 0 Å². The monoisotopic (exact) mass is 345 g/mol. The summed E-state index contributed by atoms with van der Waals surface area (Å²) in [5, 5.41) is 5.50.